The molecular formula is C16H24N6O. The van der Waals surface area contributed by atoms with E-state index in [1.165, 1.54) is 0 Å². The molecule has 0 fully saturated rings. The standard InChI is InChI=1S/C16H24N6O/c1-11(2)22-10-14(7-18-22)9-21(5)16(23)17-8-15-19-12(3)6-13(4)20-15/h6-7,10-11H,8-9H2,1-5H3,(H,17,23). The third-order valence-corrected chi connectivity index (χ3v) is 3.38. The molecule has 0 aromatic carbocycles. The number of urea groups is 1. The number of carbonyl (C=O) groups excluding carboxylic acids is 1. The van der Waals surface area contributed by atoms with Gasteiger partial charge in [0, 0.05) is 36.2 Å². The molecule has 2 rings (SSSR count). The van der Waals surface area contributed by atoms with Gasteiger partial charge in [0.05, 0.1) is 19.3 Å². The Morgan fingerprint density at radius 2 is 1.96 bits per heavy atom. The van der Waals surface area contributed by atoms with Gasteiger partial charge in [-0.05, 0) is 33.8 Å². The molecule has 2 heterocycles. The fourth-order valence-corrected chi connectivity index (χ4v) is 2.25. The lowest BCUT2D eigenvalue weighted by Gasteiger charge is -2.17. The lowest BCUT2D eigenvalue weighted by Crippen LogP contribution is -2.36. The van der Waals surface area contributed by atoms with E-state index in [-0.39, 0.29) is 6.03 Å². The van der Waals surface area contributed by atoms with Gasteiger partial charge in [-0.25, -0.2) is 14.8 Å². The predicted octanol–water partition coefficient (Wildman–Crippen LogP) is 2.21. The zero-order valence-corrected chi connectivity index (χ0v) is 14.4. The molecule has 124 valence electrons. The number of amides is 2. The Bertz CT molecular complexity index is 659. The van der Waals surface area contributed by atoms with Crippen LogP contribution in [-0.2, 0) is 13.1 Å². The van der Waals surface area contributed by atoms with Crippen LogP contribution < -0.4 is 5.32 Å². The van der Waals surface area contributed by atoms with Crippen LogP contribution in [0.25, 0.3) is 0 Å². The zero-order chi connectivity index (χ0) is 17.0. The Morgan fingerprint density at radius 1 is 1.30 bits per heavy atom. The third-order valence-electron chi connectivity index (χ3n) is 3.38. The second kappa shape index (κ2) is 7.21. The summed E-state index contributed by atoms with van der Waals surface area (Å²) >= 11 is 0. The van der Waals surface area contributed by atoms with Gasteiger partial charge in [0.2, 0.25) is 0 Å². The van der Waals surface area contributed by atoms with Crippen molar-refractivity contribution in [2.45, 2.75) is 46.8 Å². The SMILES string of the molecule is Cc1cc(C)nc(CNC(=O)N(C)Cc2cnn(C(C)C)c2)n1. The maximum atomic E-state index is 12.2. The number of hydrogen-bond acceptors (Lipinski definition) is 4. The molecule has 0 radical (unpaired) electrons. The molecule has 0 unspecified atom stereocenters. The topological polar surface area (TPSA) is 75.9 Å². The van der Waals surface area contributed by atoms with E-state index in [2.05, 4.69) is 34.2 Å². The molecule has 0 aliphatic heterocycles. The first-order chi connectivity index (χ1) is 10.8. The maximum Gasteiger partial charge on any atom is 0.317 e. The smallest absolute Gasteiger partial charge is 0.317 e. The summed E-state index contributed by atoms with van der Waals surface area (Å²) in [6.07, 6.45) is 3.75. The average molecular weight is 316 g/mol. The molecule has 7 heteroatoms. The van der Waals surface area contributed by atoms with Gasteiger partial charge >= 0.3 is 6.03 Å². The summed E-state index contributed by atoms with van der Waals surface area (Å²) in [6, 6.07) is 2.05. The zero-order valence-electron chi connectivity index (χ0n) is 14.4. The highest BCUT2D eigenvalue weighted by Gasteiger charge is 2.11. The van der Waals surface area contributed by atoms with Gasteiger partial charge in [-0.3, -0.25) is 4.68 Å². The van der Waals surface area contributed by atoms with E-state index in [1.807, 2.05) is 30.8 Å². The largest absolute Gasteiger partial charge is 0.331 e. The number of aryl methyl sites for hydroxylation is 2. The quantitative estimate of drug-likeness (QED) is 0.917. The first kappa shape index (κ1) is 16.9. The normalized spacial score (nSPS) is 10.9. The second-order valence-corrected chi connectivity index (χ2v) is 6.00. The molecule has 7 nitrogen and oxygen atoms in total. The van der Waals surface area contributed by atoms with Crippen LogP contribution >= 0.6 is 0 Å². The first-order valence-corrected chi connectivity index (χ1v) is 7.68. The number of hydrogen-bond donors (Lipinski definition) is 1. The van der Waals surface area contributed by atoms with E-state index >= 15 is 0 Å². The Kier molecular flexibility index (Phi) is 5.31. The van der Waals surface area contributed by atoms with Gasteiger partial charge in [-0.15, -0.1) is 0 Å². The van der Waals surface area contributed by atoms with Crippen LogP contribution in [-0.4, -0.2) is 37.7 Å². The van der Waals surface area contributed by atoms with Crippen LogP contribution in [0.5, 0.6) is 0 Å². The maximum absolute atomic E-state index is 12.2. The molecule has 0 saturated carbocycles. The number of carbonyl (C=O) groups is 1. The highest BCUT2D eigenvalue weighted by atomic mass is 16.2. The van der Waals surface area contributed by atoms with Gasteiger partial charge < -0.3 is 10.2 Å². The van der Waals surface area contributed by atoms with Gasteiger partial charge in [-0.1, -0.05) is 0 Å². The first-order valence-electron chi connectivity index (χ1n) is 7.68. The van der Waals surface area contributed by atoms with E-state index in [1.54, 1.807) is 18.1 Å². The van der Waals surface area contributed by atoms with Crippen molar-refractivity contribution in [2.75, 3.05) is 7.05 Å². The highest BCUT2D eigenvalue weighted by Crippen LogP contribution is 2.07. The molecule has 2 aromatic rings. The lowest BCUT2D eigenvalue weighted by molar-refractivity contribution is 0.206. The van der Waals surface area contributed by atoms with Crippen LogP contribution in [0, 0.1) is 13.8 Å². The molecule has 0 spiro atoms. The van der Waals surface area contributed by atoms with Crippen molar-refractivity contribution in [3.05, 3.63) is 41.2 Å². The summed E-state index contributed by atoms with van der Waals surface area (Å²) in [5.74, 6) is 0.622. The number of aromatic nitrogens is 4. The van der Waals surface area contributed by atoms with Gasteiger partial charge in [-0.2, -0.15) is 5.10 Å². The van der Waals surface area contributed by atoms with Crippen molar-refractivity contribution >= 4 is 6.03 Å². The molecule has 0 bridgehead atoms. The predicted molar refractivity (Wildman–Crippen MR) is 87.8 cm³/mol. The molecule has 2 amide bonds. The molecule has 0 aliphatic carbocycles. The fourth-order valence-electron chi connectivity index (χ4n) is 2.25. The van der Waals surface area contributed by atoms with Gasteiger partial charge in [0.15, 0.2) is 0 Å². The summed E-state index contributed by atoms with van der Waals surface area (Å²) < 4.78 is 1.88. The fraction of sp³-hybridized carbons (Fsp3) is 0.500. The Morgan fingerprint density at radius 3 is 2.52 bits per heavy atom. The van der Waals surface area contributed by atoms with E-state index in [0.29, 0.717) is 25.0 Å². The van der Waals surface area contributed by atoms with Crippen molar-refractivity contribution in [1.82, 2.24) is 30.0 Å². The Hall–Kier alpha value is -2.44. The van der Waals surface area contributed by atoms with Crippen LogP contribution in [0.1, 0.15) is 42.7 Å². The van der Waals surface area contributed by atoms with Gasteiger partial charge in [0.1, 0.15) is 5.82 Å². The van der Waals surface area contributed by atoms with Crippen molar-refractivity contribution in [1.29, 1.82) is 0 Å². The summed E-state index contributed by atoms with van der Waals surface area (Å²) in [6.45, 7) is 8.79. The van der Waals surface area contributed by atoms with Crippen molar-refractivity contribution in [2.24, 2.45) is 0 Å². The van der Waals surface area contributed by atoms with Crippen molar-refractivity contribution < 1.29 is 4.79 Å². The summed E-state index contributed by atoms with van der Waals surface area (Å²) in [5, 5.41) is 7.12. The van der Waals surface area contributed by atoms with Crippen molar-refractivity contribution in [3.8, 4) is 0 Å². The monoisotopic (exact) mass is 316 g/mol. The Labute approximate surface area is 136 Å². The Balaban J connectivity index is 1.89. The van der Waals surface area contributed by atoms with Gasteiger partial charge in [0.25, 0.3) is 0 Å². The minimum atomic E-state index is -0.162. The summed E-state index contributed by atoms with van der Waals surface area (Å²) in [7, 11) is 1.75. The van der Waals surface area contributed by atoms with E-state index < -0.39 is 0 Å². The van der Waals surface area contributed by atoms with Crippen LogP contribution in [0.3, 0.4) is 0 Å². The molecule has 0 atom stereocenters. The molecule has 2 aromatic heterocycles. The number of nitrogens with one attached hydrogen (secondary N) is 1. The molecule has 0 aliphatic rings. The van der Waals surface area contributed by atoms with Crippen LogP contribution in [0.15, 0.2) is 18.5 Å². The number of rotatable bonds is 5. The highest BCUT2D eigenvalue weighted by molar-refractivity contribution is 5.73. The lowest BCUT2D eigenvalue weighted by atomic mass is 10.3. The third kappa shape index (κ3) is 4.77. The average Bonchev–Trinajstić information content (AvgIpc) is 2.92. The minimum absolute atomic E-state index is 0.162. The minimum Gasteiger partial charge on any atom is -0.331 e. The van der Waals surface area contributed by atoms with Crippen LogP contribution in [0.2, 0.25) is 0 Å². The van der Waals surface area contributed by atoms with E-state index in [4.69, 9.17) is 0 Å². The van der Waals surface area contributed by atoms with Crippen molar-refractivity contribution in [3.63, 3.8) is 0 Å². The summed E-state index contributed by atoms with van der Waals surface area (Å²) in [4.78, 5) is 22.4. The molecular weight excluding hydrogens is 292 g/mol. The molecule has 23 heavy (non-hydrogen) atoms. The molecule has 1 N–H and O–H groups in total. The molecule has 0 saturated heterocycles. The summed E-state index contributed by atoms with van der Waals surface area (Å²) in [5.41, 5.74) is 2.80. The second-order valence-electron chi connectivity index (χ2n) is 6.00. The van der Waals surface area contributed by atoms with E-state index in [0.717, 1.165) is 17.0 Å². The number of nitrogens with zero attached hydrogens (tertiary/aromatic N) is 5. The van der Waals surface area contributed by atoms with Crippen LogP contribution in [0.4, 0.5) is 4.79 Å². The van der Waals surface area contributed by atoms with E-state index in [9.17, 15) is 4.79 Å².